The Balaban J connectivity index is 1.75. The summed E-state index contributed by atoms with van der Waals surface area (Å²) in [4.78, 5) is 21.5. The molecule has 4 rings (SSSR count). The first-order chi connectivity index (χ1) is 13.6. The van der Waals surface area contributed by atoms with Gasteiger partial charge < -0.3 is 9.88 Å². The molecule has 2 aromatic heterocycles. The lowest BCUT2D eigenvalue weighted by Gasteiger charge is -2.20. The van der Waals surface area contributed by atoms with Crippen LogP contribution >= 0.6 is 0 Å². The van der Waals surface area contributed by atoms with E-state index in [1.165, 1.54) is 12.1 Å². The standard InChI is InChI=1S/C22H24F2N4O/c1-13(15-6-5-7-16(10-15)22(4,23)24)25-20-17-12-28(21(3)8-9-21)19(29)11-18(17)26-14(2)27-20/h5-7,10-13H,8-9H2,1-4H3,(H,25,26,27)/t13-/m1/s1. The van der Waals surface area contributed by atoms with Gasteiger partial charge in [-0.1, -0.05) is 18.2 Å². The molecule has 0 bridgehead atoms. The summed E-state index contributed by atoms with van der Waals surface area (Å²) in [6, 6.07) is 7.66. The number of benzene rings is 1. The van der Waals surface area contributed by atoms with Crippen molar-refractivity contribution in [3.8, 4) is 0 Å². The molecular weight excluding hydrogens is 374 g/mol. The maximum absolute atomic E-state index is 13.7. The molecule has 0 amide bonds. The molecule has 1 aliphatic rings. The average molecular weight is 398 g/mol. The summed E-state index contributed by atoms with van der Waals surface area (Å²) in [5, 5.41) is 4.07. The van der Waals surface area contributed by atoms with Gasteiger partial charge in [0.25, 0.3) is 11.5 Å². The number of aromatic nitrogens is 3. The molecular formula is C22H24F2N4O. The van der Waals surface area contributed by atoms with Crippen molar-refractivity contribution in [2.45, 2.75) is 58.0 Å². The van der Waals surface area contributed by atoms with E-state index in [1.807, 2.05) is 19.2 Å². The van der Waals surface area contributed by atoms with Crippen LogP contribution in [0.1, 0.15) is 56.6 Å². The second kappa shape index (κ2) is 6.61. The van der Waals surface area contributed by atoms with Crippen LogP contribution in [0.3, 0.4) is 0 Å². The normalized spacial score (nSPS) is 16.6. The van der Waals surface area contributed by atoms with Crippen LogP contribution in [-0.4, -0.2) is 14.5 Å². The van der Waals surface area contributed by atoms with Gasteiger partial charge in [-0.15, -0.1) is 0 Å². The first kappa shape index (κ1) is 19.5. The van der Waals surface area contributed by atoms with Crippen molar-refractivity contribution in [3.05, 3.63) is 63.8 Å². The van der Waals surface area contributed by atoms with Gasteiger partial charge in [0.15, 0.2) is 0 Å². The lowest BCUT2D eigenvalue weighted by molar-refractivity contribution is 0.0174. The van der Waals surface area contributed by atoms with Crippen molar-refractivity contribution in [1.29, 1.82) is 0 Å². The molecule has 0 unspecified atom stereocenters. The van der Waals surface area contributed by atoms with Crippen LogP contribution < -0.4 is 10.9 Å². The largest absolute Gasteiger partial charge is 0.363 e. The molecule has 0 saturated heterocycles. The van der Waals surface area contributed by atoms with Crippen LogP contribution in [0.2, 0.25) is 0 Å². The predicted molar refractivity (Wildman–Crippen MR) is 109 cm³/mol. The Labute approximate surface area is 167 Å². The third kappa shape index (κ3) is 3.73. The fourth-order valence-corrected chi connectivity index (χ4v) is 3.54. The smallest absolute Gasteiger partial charge is 0.270 e. The Morgan fingerprint density at radius 2 is 1.97 bits per heavy atom. The van der Waals surface area contributed by atoms with E-state index in [-0.39, 0.29) is 22.7 Å². The zero-order chi connectivity index (χ0) is 21.0. The van der Waals surface area contributed by atoms with Crippen LogP contribution in [0.15, 0.2) is 41.3 Å². The number of hydrogen-bond acceptors (Lipinski definition) is 4. The van der Waals surface area contributed by atoms with Gasteiger partial charge in [0.1, 0.15) is 11.6 Å². The van der Waals surface area contributed by atoms with E-state index in [1.54, 1.807) is 23.6 Å². The average Bonchev–Trinajstić information content (AvgIpc) is 3.38. The molecule has 0 spiro atoms. The molecule has 5 nitrogen and oxygen atoms in total. The number of fused-ring (bicyclic) bond motifs is 1. The first-order valence-corrected chi connectivity index (χ1v) is 9.73. The van der Waals surface area contributed by atoms with Gasteiger partial charge in [-0.2, -0.15) is 0 Å². The van der Waals surface area contributed by atoms with E-state index in [4.69, 9.17) is 0 Å². The number of pyridine rings is 1. The monoisotopic (exact) mass is 398 g/mol. The highest BCUT2D eigenvalue weighted by molar-refractivity contribution is 5.88. The number of alkyl halides is 2. The third-order valence-corrected chi connectivity index (χ3v) is 5.64. The van der Waals surface area contributed by atoms with Crippen molar-refractivity contribution in [3.63, 3.8) is 0 Å². The number of anilines is 1. The molecule has 1 N–H and O–H groups in total. The summed E-state index contributed by atoms with van der Waals surface area (Å²) < 4.78 is 29.2. The topological polar surface area (TPSA) is 59.8 Å². The van der Waals surface area contributed by atoms with Crippen LogP contribution in [0.4, 0.5) is 14.6 Å². The first-order valence-electron chi connectivity index (χ1n) is 9.73. The summed E-state index contributed by atoms with van der Waals surface area (Å²) in [6.45, 7) is 6.61. The number of aryl methyl sites for hydroxylation is 1. The molecule has 1 aromatic carbocycles. The maximum Gasteiger partial charge on any atom is 0.270 e. The molecule has 1 aliphatic carbocycles. The van der Waals surface area contributed by atoms with Crippen molar-refractivity contribution in [1.82, 2.24) is 14.5 Å². The van der Waals surface area contributed by atoms with Crippen LogP contribution in [0.25, 0.3) is 10.9 Å². The quantitative estimate of drug-likeness (QED) is 0.665. The number of hydrogen-bond donors (Lipinski definition) is 1. The second-order valence-electron chi connectivity index (χ2n) is 8.28. The number of rotatable bonds is 5. The van der Waals surface area contributed by atoms with E-state index in [0.29, 0.717) is 17.2 Å². The predicted octanol–water partition coefficient (Wildman–Crippen LogP) is 4.89. The van der Waals surface area contributed by atoms with Gasteiger partial charge in [0.05, 0.1) is 10.9 Å². The Morgan fingerprint density at radius 3 is 2.62 bits per heavy atom. The van der Waals surface area contributed by atoms with E-state index < -0.39 is 5.92 Å². The molecule has 1 fully saturated rings. The highest BCUT2D eigenvalue weighted by atomic mass is 19.3. The summed E-state index contributed by atoms with van der Waals surface area (Å²) in [6.07, 6.45) is 3.74. The Bertz CT molecular complexity index is 1150. The van der Waals surface area contributed by atoms with Gasteiger partial charge in [-0.3, -0.25) is 4.79 Å². The van der Waals surface area contributed by atoms with Crippen molar-refractivity contribution in [2.75, 3.05) is 5.32 Å². The molecule has 3 aromatic rings. The van der Waals surface area contributed by atoms with Crippen LogP contribution in [-0.2, 0) is 11.5 Å². The lowest BCUT2D eigenvalue weighted by Crippen LogP contribution is -2.27. The van der Waals surface area contributed by atoms with Gasteiger partial charge >= 0.3 is 0 Å². The fourth-order valence-electron chi connectivity index (χ4n) is 3.54. The molecule has 0 radical (unpaired) electrons. The maximum atomic E-state index is 13.7. The van der Waals surface area contributed by atoms with E-state index in [2.05, 4.69) is 22.2 Å². The van der Waals surface area contributed by atoms with E-state index in [9.17, 15) is 13.6 Å². The molecule has 1 saturated carbocycles. The number of nitrogens with one attached hydrogen (secondary N) is 1. The van der Waals surface area contributed by atoms with Crippen LogP contribution in [0, 0.1) is 6.92 Å². The van der Waals surface area contributed by atoms with Crippen molar-refractivity contribution in [2.24, 2.45) is 0 Å². The summed E-state index contributed by atoms with van der Waals surface area (Å²) >= 11 is 0. The molecule has 1 atom stereocenters. The number of nitrogens with zero attached hydrogens (tertiary/aromatic N) is 3. The minimum absolute atomic E-state index is 0.0251. The Kier molecular flexibility index (Phi) is 4.44. The lowest BCUT2D eigenvalue weighted by atomic mass is 10.0. The molecule has 2 heterocycles. The van der Waals surface area contributed by atoms with Gasteiger partial charge in [0, 0.05) is 36.3 Å². The van der Waals surface area contributed by atoms with Gasteiger partial charge in [0.2, 0.25) is 0 Å². The summed E-state index contributed by atoms with van der Waals surface area (Å²) in [5.41, 5.74) is 1.05. The second-order valence-corrected chi connectivity index (χ2v) is 8.28. The van der Waals surface area contributed by atoms with Gasteiger partial charge in [-0.25, -0.2) is 18.7 Å². The number of halogens is 2. The molecule has 0 aliphatic heterocycles. The zero-order valence-corrected chi connectivity index (χ0v) is 17.0. The van der Waals surface area contributed by atoms with Crippen molar-refractivity contribution >= 4 is 16.7 Å². The fraction of sp³-hybridized carbons (Fsp3) is 0.409. The molecule has 152 valence electrons. The van der Waals surface area contributed by atoms with Gasteiger partial charge in [-0.05, 0) is 45.2 Å². The summed E-state index contributed by atoms with van der Waals surface area (Å²) in [7, 11) is 0. The highest BCUT2D eigenvalue weighted by Gasteiger charge is 2.40. The van der Waals surface area contributed by atoms with E-state index >= 15 is 0 Å². The zero-order valence-electron chi connectivity index (χ0n) is 17.0. The Hall–Kier alpha value is -2.83. The molecule has 7 heteroatoms. The minimum Gasteiger partial charge on any atom is -0.363 e. The van der Waals surface area contributed by atoms with E-state index in [0.717, 1.165) is 30.7 Å². The molecule has 29 heavy (non-hydrogen) atoms. The van der Waals surface area contributed by atoms with Crippen LogP contribution in [0.5, 0.6) is 0 Å². The SMILES string of the molecule is Cc1nc(N[C@H](C)c2cccc(C(C)(F)F)c2)c2cn(C3(C)CC3)c(=O)cc2n1. The minimum atomic E-state index is -2.90. The summed E-state index contributed by atoms with van der Waals surface area (Å²) in [5.74, 6) is -1.77. The highest BCUT2D eigenvalue weighted by Crippen LogP contribution is 2.42. The van der Waals surface area contributed by atoms with Crippen molar-refractivity contribution < 1.29 is 8.78 Å². The Morgan fingerprint density at radius 1 is 1.24 bits per heavy atom. The third-order valence-electron chi connectivity index (χ3n) is 5.64.